The molecule has 0 aromatic heterocycles. The van der Waals surface area contributed by atoms with Crippen molar-refractivity contribution in [3.05, 3.63) is 30.1 Å². The fourth-order valence-corrected chi connectivity index (χ4v) is 3.88. The fraction of sp³-hybridized carbons (Fsp3) is 0.571. The number of anilines is 1. The number of halogens is 1. The van der Waals surface area contributed by atoms with Gasteiger partial charge in [0.2, 0.25) is 17.7 Å². The van der Waals surface area contributed by atoms with Gasteiger partial charge in [0.15, 0.2) is 0 Å². The number of benzene rings is 1. The molecule has 0 radical (unpaired) electrons. The SMILES string of the molecule is CSCCC(NC(=O)C1CC1)C(=O)N1CCN(CC(=O)Nc2ccc(F)cc2)CC1. The number of carbonyl (C=O) groups excluding carboxylic acids is 3. The van der Waals surface area contributed by atoms with Crippen LogP contribution in [-0.2, 0) is 14.4 Å². The summed E-state index contributed by atoms with van der Waals surface area (Å²) in [5, 5.41) is 5.69. The van der Waals surface area contributed by atoms with Crippen molar-refractivity contribution in [1.82, 2.24) is 15.1 Å². The van der Waals surface area contributed by atoms with Gasteiger partial charge in [-0.3, -0.25) is 19.3 Å². The van der Waals surface area contributed by atoms with E-state index in [1.165, 1.54) is 24.3 Å². The summed E-state index contributed by atoms with van der Waals surface area (Å²) >= 11 is 1.66. The van der Waals surface area contributed by atoms with Gasteiger partial charge in [-0.2, -0.15) is 11.8 Å². The molecule has 1 saturated heterocycles. The lowest BCUT2D eigenvalue weighted by atomic mass is 10.1. The van der Waals surface area contributed by atoms with Crippen molar-refractivity contribution < 1.29 is 18.8 Å². The average molecular weight is 437 g/mol. The normalized spacial score (nSPS) is 18.0. The van der Waals surface area contributed by atoms with Gasteiger partial charge in [-0.1, -0.05) is 0 Å². The van der Waals surface area contributed by atoms with Gasteiger partial charge in [-0.05, 0) is 55.5 Å². The lowest BCUT2D eigenvalue weighted by Crippen LogP contribution is -2.56. The van der Waals surface area contributed by atoms with Crippen molar-refractivity contribution >= 4 is 35.2 Å². The zero-order valence-corrected chi connectivity index (χ0v) is 18.0. The minimum Gasteiger partial charge on any atom is -0.344 e. The highest BCUT2D eigenvalue weighted by Gasteiger charge is 2.34. The molecule has 164 valence electrons. The van der Waals surface area contributed by atoms with E-state index in [2.05, 4.69) is 10.6 Å². The molecule has 1 unspecified atom stereocenters. The number of nitrogens with one attached hydrogen (secondary N) is 2. The molecule has 1 aliphatic carbocycles. The van der Waals surface area contributed by atoms with Crippen LogP contribution in [0.25, 0.3) is 0 Å². The highest BCUT2D eigenvalue weighted by atomic mass is 32.2. The molecule has 1 aliphatic heterocycles. The van der Waals surface area contributed by atoms with E-state index in [4.69, 9.17) is 0 Å². The maximum Gasteiger partial charge on any atom is 0.245 e. The summed E-state index contributed by atoms with van der Waals surface area (Å²) in [5.74, 6) is 0.323. The molecule has 2 aliphatic rings. The number of hydrogen-bond donors (Lipinski definition) is 2. The number of piperazine rings is 1. The van der Waals surface area contributed by atoms with Gasteiger partial charge in [-0.25, -0.2) is 4.39 Å². The predicted octanol–water partition coefficient (Wildman–Crippen LogP) is 1.56. The topological polar surface area (TPSA) is 81.8 Å². The molecule has 7 nitrogen and oxygen atoms in total. The van der Waals surface area contributed by atoms with E-state index in [0.717, 1.165) is 18.6 Å². The van der Waals surface area contributed by atoms with Crippen molar-refractivity contribution in [2.45, 2.75) is 25.3 Å². The Hall–Kier alpha value is -2.13. The van der Waals surface area contributed by atoms with E-state index in [-0.39, 0.29) is 36.0 Å². The second kappa shape index (κ2) is 10.8. The van der Waals surface area contributed by atoms with Crippen LogP contribution < -0.4 is 10.6 Å². The van der Waals surface area contributed by atoms with Crippen LogP contribution in [0.3, 0.4) is 0 Å². The third kappa shape index (κ3) is 6.70. The van der Waals surface area contributed by atoms with Crippen LogP contribution in [-0.4, -0.2) is 78.3 Å². The summed E-state index contributed by atoms with van der Waals surface area (Å²) in [6.07, 6.45) is 4.43. The minimum absolute atomic E-state index is 0.00875. The van der Waals surface area contributed by atoms with Crippen molar-refractivity contribution in [2.24, 2.45) is 5.92 Å². The number of amides is 3. The summed E-state index contributed by atoms with van der Waals surface area (Å²) in [6, 6.07) is 5.17. The molecule has 1 aromatic rings. The standard InChI is InChI=1S/C21H29FN4O3S/c1-30-13-8-18(24-20(28)15-2-3-15)21(29)26-11-9-25(10-12-26)14-19(27)23-17-6-4-16(22)5-7-17/h4-7,15,18H,2-3,8-14H2,1H3,(H,23,27)(H,24,28). The average Bonchev–Trinajstić information content (AvgIpc) is 3.58. The second-order valence-electron chi connectivity index (χ2n) is 7.77. The molecule has 3 rings (SSSR count). The monoisotopic (exact) mass is 436 g/mol. The Morgan fingerprint density at radius 2 is 1.80 bits per heavy atom. The highest BCUT2D eigenvalue weighted by molar-refractivity contribution is 7.98. The summed E-state index contributed by atoms with van der Waals surface area (Å²) in [7, 11) is 0. The van der Waals surface area contributed by atoms with Gasteiger partial charge < -0.3 is 15.5 Å². The molecule has 1 saturated carbocycles. The molecule has 2 N–H and O–H groups in total. The van der Waals surface area contributed by atoms with E-state index >= 15 is 0 Å². The Bertz CT molecular complexity index is 749. The Labute approximate surface area is 180 Å². The molecule has 1 heterocycles. The number of rotatable bonds is 9. The van der Waals surface area contributed by atoms with Crippen LogP contribution in [0.15, 0.2) is 24.3 Å². The summed E-state index contributed by atoms with van der Waals surface area (Å²) in [6.45, 7) is 2.45. The summed E-state index contributed by atoms with van der Waals surface area (Å²) in [4.78, 5) is 41.1. The zero-order valence-electron chi connectivity index (χ0n) is 17.2. The van der Waals surface area contributed by atoms with Gasteiger partial charge in [-0.15, -0.1) is 0 Å². The van der Waals surface area contributed by atoms with Gasteiger partial charge in [0.1, 0.15) is 11.9 Å². The van der Waals surface area contributed by atoms with E-state index < -0.39 is 6.04 Å². The number of nitrogens with zero attached hydrogens (tertiary/aromatic N) is 2. The molecule has 1 aromatic carbocycles. The van der Waals surface area contributed by atoms with Gasteiger partial charge in [0, 0.05) is 37.8 Å². The minimum atomic E-state index is -0.473. The predicted molar refractivity (Wildman–Crippen MR) is 116 cm³/mol. The molecule has 1 atom stereocenters. The zero-order chi connectivity index (χ0) is 21.5. The van der Waals surface area contributed by atoms with E-state index in [0.29, 0.717) is 38.3 Å². The maximum atomic E-state index is 13.0. The van der Waals surface area contributed by atoms with Crippen LogP contribution in [0.1, 0.15) is 19.3 Å². The maximum absolute atomic E-state index is 13.0. The van der Waals surface area contributed by atoms with Crippen molar-refractivity contribution in [3.63, 3.8) is 0 Å². The lowest BCUT2D eigenvalue weighted by Gasteiger charge is -2.36. The first-order valence-corrected chi connectivity index (χ1v) is 11.7. The molecular formula is C21H29FN4O3S. The molecule has 3 amide bonds. The Morgan fingerprint density at radius 1 is 1.13 bits per heavy atom. The molecule has 30 heavy (non-hydrogen) atoms. The van der Waals surface area contributed by atoms with Gasteiger partial charge >= 0.3 is 0 Å². The number of thioether (sulfide) groups is 1. The van der Waals surface area contributed by atoms with E-state index in [1.807, 2.05) is 11.2 Å². The Balaban J connectivity index is 1.45. The van der Waals surface area contributed by atoms with Gasteiger partial charge in [0.25, 0.3) is 0 Å². The molecule has 0 bridgehead atoms. The molecule has 9 heteroatoms. The van der Waals surface area contributed by atoms with Crippen molar-refractivity contribution in [1.29, 1.82) is 0 Å². The lowest BCUT2D eigenvalue weighted by molar-refractivity contribution is -0.138. The number of carbonyl (C=O) groups is 3. The largest absolute Gasteiger partial charge is 0.344 e. The molecular weight excluding hydrogens is 407 g/mol. The second-order valence-corrected chi connectivity index (χ2v) is 8.76. The van der Waals surface area contributed by atoms with E-state index in [9.17, 15) is 18.8 Å². The summed E-state index contributed by atoms with van der Waals surface area (Å²) in [5.41, 5.74) is 0.554. The first-order valence-electron chi connectivity index (χ1n) is 10.3. The smallest absolute Gasteiger partial charge is 0.245 e. The van der Waals surface area contributed by atoms with Crippen LogP contribution in [0.5, 0.6) is 0 Å². The fourth-order valence-electron chi connectivity index (χ4n) is 3.41. The Kier molecular flexibility index (Phi) is 8.09. The van der Waals surface area contributed by atoms with Crippen LogP contribution >= 0.6 is 11.8 Å². The van der Waals surface area contributed by atoms with Crippen molar-refractivity contribution in [3.8, 4) is 0 Å². The van der Waals surface area contributed by atoms with Crippen LogP contribution in [0, 0.1) is 11.7 Å². The van der Waals surface area contributed by atoms with Gasteiger partial charge in [0.05, 0.1) is 6.54 Å². The Morgan fingerprint density at radius 3 is 2.40 bits per heavy atom. The van der Waals surface area contributed by atoms with Crippen LogP contribution in [0.2, 0.25) is 0 Å². The van der Waals surface area contributed by atoms with Crippen LogP contribution in [0.4, 0.5) is 10.1 Å². The molecule has 2 fully saturated rings. The highest BCUT2D eigenvalue weighted by Crippen LogP contribution is 2.29. The first-order chi connectivity index (χ1) is 14.5. The third-order valence-electron chi connectivity index (χ3n) is 5.35. The first kappa shape index (κ1) is 22.6. The van der Waals surface area contributed by atoms with E-state index in [1.54, 1.807) is 16.7 Å². The van der Waals surface area contributed by atoms with Crippen molar-refractivity contribution in [2.75, 3.05) is 50.0 Å². The number of hydrogen-bond acceptors (Lipinski definition) is 5. The quantitative estimate of drug-likeness (QED) is 0.614. The third-order valence-corrected chi connectivity index (χ3v) is 6.00. The summed E-state index contributed by atoms with van der Waals surface area (Å²) < 4.78 is 13.0. The molecule has 0 spiro atoms.